The summed E-state index contributed by atoms with van der Waals surface area (Å²) in [5.41, 5.74) is 2.31. The van der Waals surface area contributed by atoms with Gasteiger partial charge in [0.15, 0.2) is 0 Å². The number of aryl methyl sites for hydroxylation is 1. The number of hydrogen-bond acceptors (Lipinski definition) is 4. The van der Waals surface area contributed by atoms with Crippen molar-refractivity contribution in [1.82, 2.24) is 14.5 Å². The zero-order chi connectivity index (χ0) is 22.3. The van der Waals surface area contributed by atoms with Crippen LogP contribution >= 0.6 is 0 Å². The van der Waals surface area contributed by atoms with E-state index in [4.69, 9.17) is 6.57 Å². The lowest BCUT2D eigenvalue weighted by molar-refractivity contribution is 0.156. The number of hydrogen-bond donors (Lipinski definition) is 0. The molecule has 0 bridgehead atoms. The Kier molecular flexibility index (Phi) is 5.46. The van der Waals surface area contributed by atoms with Crippen molar-refractivity contribution in [2.75, 3.05) is 18.0 Å². The van der Waals surface area contributed by atoms with Gasteiger partial charge in [-0.25, -0.2) is 8.78 Å². The van der Waals surface area contributed by atoms with Crippen LogP contribution < -0.4 is 10.5 Å². The quantitative estimate of drug-likeness (QED) is 0.600. The first-order chi connectivity index (χ1) is 14.8. The maximum atomic E-state index is 14.2. The summed E-state index contributed by atoms with van der Waals surface area (Å²) < 4.78 is 28.9. The molecule has 3 heterocycles. The highest BCUT2D eigenvalue weighted by Gasteiger charge is 2.32. The standard InChI is InChI=1S/C23H23F2N5O/c1-14-12-30(15(2)11-29(14)13-16-5-6-17(24)9-18(16)25)20-10-22(31)28(4)19-7-8-21(26-3)27-23(19)20/h5-10,14-15H,11-13H2,1-2,4H3/t14-,15+/m1/s1. The largest absolute Gasteiger partial charge is 0.362 e. The van der Waals surface area contributed by atoms with Crippen LogP contribution in [-0.4, -0.2) is 39.6 Å². The molecule has 0 amide bonds. The Bertz CT molecular complexity index is 1250. The van der Waals surface area contributed by atoms with Crippen molar-refractivity contribution in [3.63, 3.8) is 0 Å². The van der Waals surface area contributed by atoms with Gasteiger partial charge >= 0.3 is 0 Å². The maximum Gasteiger partial charge on any atom is 0.270 e. The Hall–Kier alpha value is -3.31. The molecule has 3 aromatic rings. The minimum atomic E-state index is -0.587. The number of halogens is 2. The average Bonchev–Trinajstić information content (AvgIpc) is 2.74. The third kappa shape index (κ3) is 3.89. The average molecular weight is 423 g/mol. The van der Waals surface area contributed by atoms with Gasteiger partial charge in [-0.3, -0.25) is 9.69 Å². The smallest absolute Gasteiger partial charge is 0.270 e. The summed E-state index contributed by atoms with van der Waals surface area (Å²) in [5.74, 6) is -0.856. The van der Waals surface area contributed by atoms with E-state index in [9.17, 15) is 13.6 Å². The van der Waals surface area contributed by atoms with Crippen molar-refractivity contribution in [1.29, 1.82) is 0 Å². The second kappa shape index (κ2) is 8.08. The molecule has 160 valence electrons. The molecule has 1 aliphatic heterocycles. The van der Waals surface area contributed by atoms with Gasteiger partial charge in [0.25, 0.3) is 11.4 Å². The molecule has 2 atom stereocenters. The zero-order valence-corrected chi connectivity index (χ0v) is 17.6. The molecule has 1 aliphatic rings. The van der Waals surface area contributed by atoms with Gasteiger partial charge in [-0.1, -0.05) is 12.6 Å². The predicted molar refractivity (Wildman–Crippen MR) is 116 cm³/mol. The fraction of sp³-hybridized carbons (Fsp3) is 0.348. The van der Waals surface area contributed by atoms with E-state index in [1.54, 1.807) is 25.2 Å². The molecule has 0 unspecified atom stereocenters. The van der Waals surface area contributed by atoms with Crippen LogP contribution in [0.2, 0.25) is 0 Å². The van der Waals surface area contributed by atoms with Crippen LogP contribution in [0.25, 0.3) is 15.9 Å². The lowest BCUT2D eigenvalue weighted by Crippen LogP contribution is -2.56. The first kappa shape index (κ1) is 20.9. The highest BCUT2D eigenvalue weighted by Crippen LogP contribution is 2.30. The number of rotatable bonds is 3. The van der Waals surface area contributed by atoms with Crippen molar-refractivity contribution in [3.05, 3.63) is 75.4 Å². The second-order valence-electron chi connectivity index (χ2n) is 8.09. The number of benzene rings is 1. The molecule has 4 rings (SSSR count). The Morgan fingerprint density at radius 3 is 2.61 bits per heavy atom. The molecule has 1 fully saturated rings. The summed E-state index contributed by atoms with van der Waals surface area (Å²) in [7, 11) is 1.69. The number of pyridine rings is 2. The Balaban J connectivity index is 1.67. The van der Waals surface area contributed by atoms with Crippen LogP contribution in [0.15, 0.2) is 41.2 Å². The number of piperazine rings is 1. The molecule has 2 aromatic heterocycles. The van der Waals surface area contributed by atoms with Crippen molar-refractivity contribution in [2.24, 2.45) is 7.05 Å². The Morgan fingerprint density at radius 2 is 1.90 bits per heavy atom. The van der Waals surface area contributed by atoms with Gasteiger partial charge in [-0.15, -0.1) is 4.98 Å². The Labute approximate surface area is 179 Å². The normalized spacial score (nSPS) is 19.5. The molecule has 0 spiro atoms. The van der Waals surface area contributed by atoms with Gasteiger partial charge in [0, 0.05) is 56.5 Å². The van der Waals surface area contributed by atoms with Gasteiger partial charge in [0.2, 0.25) is 5.52 Å². The summed E-state index contributed by atoms with van der Waals surface area (Å²) in [6.07, 6.45) is 0. The zero-order valence-electron chi connectivity index (χ0n) is 17.6. The van der Waals surface area contributed by atoms with Crippen molar-refractivity contribution >= 4 is 22.5 Å². The minimum Gasteiger partial charge on any atom is -0.362 e. The van der Waals surface area contributed by atoms with Gasteiger partial charge in [0.1, 0.15) is 11.6 Å². The molecule has 1 aromatic carbocycles. The van der Waals surface area contributed by atoms with Crippen molar-refractivity contribution < 1.29 is 8.78 Å². The van der Waals surface area contributed by atoms with Crippen LogP contribution in [-0.2, 0) is 13.6 Å². The molecule has 0 N–H and O–H groups in total. The molecular weight excluding hydrogens is 400 g/mol. The third-order valence-corrected chi connectivity index (χ3v) is 5.98. The van der Waals surface area contributed by atoms with E-state index >= 15 is 0 Å². The molecule has 0 aliphatic carbocycles. The molecule has 6 nitrogen and oxygen atoms in total. The SMILES string of the molecule is [C-]#[N+]c1ccc2c(n1)c(N1C[C@@H](C)N(Cc3ccc(F)cc3F)C[C@@H]1C)cc(=O)n2C. The van der Waals surface area contributed by atoms with E-state index in [1.807, 2.05) is 13.8 Å². The van der Waals surface area contributed by atoms with Crippen LogP contribution in [0.3, 0.4) is 0 Å². The van der Waals surface area contributed by atoms with Crippen molar-refractivity contribution in [2.45, 2.75) is 32.5 Å². The van der Waals surface area contributed by atoms with Gasteiger partial charge in [-0.05, 0) is 32.0 Å². The summed E-state index contributed by atoms with van der Waals surface area (Å²) in [6, 6.07) is 8.68. The summed E-state index contributed by atoms with van der Waals surface area (Å²) in [4.78, 5) is 24.8. The number of fused-ring (bicyclic) bond motifs is 1. The molecule has 0 radical (unpaired) electrons. The molecular formula is C23H23F2N5O. The highest BCUT2D eigenvalue weighted by molar-refractivity contribution is 5.89. The summed E-state index contributed by atoms with van der Waals surface area (Å²) in [5, 5.41) is 0. The molecule has 0 saturated carbocycles. The lowest BCUT2D eigenvalue weighted by atomic mass is 10.0. The topological polar surface area (TPSA) is 45.7 Å². The van der Waals surface area contributed by atoms with Crippen LogP contribution in [0.1, 0.15) is 19.4 Å². The fourth-order valence-corrected chi connectivity index (χ4v) is 4.21. The van der Waals surface area contributed by atoms with Crippen LogP contribution in [0, 0.1) is 18.2 Å². The lowest BCUT2D eigenvalue weighted by Gasteiger charge is -2.45. The summed E-state index contributed by atoms with van der Waals surface area (Å²) >= 11 is 0. The van der Waals surface area contributed by atoms with E-state index in [1.165, 1.54) is 16.7 Å². The van der Waals surface area contributed by atoms with Gasteiger partial charge in [-0.2, -0.15) is 0 Å². The first-order valence-corrected chi connectivity index (χ1v) is 10.1. The first-order valence-electron chi connectivity index (χ1n) is 10.1. The molecule has 31 heavy (non-hydrogen) atoms. The second-order valence-corrected chi connectivity index (χ2v) is 8.09. The van der Waals surface area contributed by atoms with Gasteiger partial charge < -0.3 is 14.3 Å². The highest BCUT2D eigenvalue weighted by atomic mass is 19.1. The molecule has 8 heteroatoms. The maximum absolute atomic E-state index is 14.2. The van der Waals surface area contributed by atoms with E-state index in [0.29, 0.717) is 41.9 Å². The monoisotopic (exact) mass is 423 g/mol. The van der Waals surface area contributed by atoms with Crippen LogP contribution in [0.4, 0.5) is 20.3 Å². The van der Waals surface area contributed by atoms with E-state index < -0.39 is 11.6 Å². The van der Waals surface area contributed by atoms with E-state index in [2.05, 4.69) is 19.6 Å². The van der Waals surface area contributed by atoms with E-state index in [-0.39, 0.29) is 23.5 Å². The Morgan fingerprint density at radius 1 is 1.13 bits per heavy atom. The summed E-state index contributed by atoms with van der Waals surface area (Å²) in [6.45, 7) is 13.0. The van der Waals surface area contributed by atoms with Crippen LogP contribution in [0.5, 0.6) is 0 Å². The number of anilines is 1. The predicted octanol–water partition coefficient (Wildman–Crippen LogP) is 3.86. The molecule has 1 saturated heterocycles. The number of nitrogens with zero attached hydrogens (tertiary/aromatic N) is 5. The van der Waals surface area contributed by atoms with Gasteiger partial charge in [0.05, 0.1) is 11.2 Å². The number of aromatic nitrogens is 2. The minimum absolute atomic E-state index is 0.0217. The third-order valence-electron chi connectivity index (χ3n) is 5.98. The van der Waals surface area contributed by atoms with Crippen molar-refractivity contribution in [3.8, 4) is 0 Å². The van der Waals surface area contributed by atoms with E-state index in [0.717, 1.165) is 6.07 Å². The fourth-order valence-electron chi connectivity index (χ4n) is 4.21.